The first-order valence-electron chi connectivity index (χ1n) is 14.1. The molecule has 43 heavy (non-hydrogen) atoms. The molecule has 0 radical (unpaired) electrons. The molecular weight excluding hydrogens is 592 g/mol. The van der Waals surface area contributed by atoms with E-state index >= 15 is 0 Å². The third-order valence-electron chi connectivity index (χ3n) is 7.90. The third-order valence-corrected chi connectivity index (χ3v) is 8.19. The summed E-state index contributed by atoms with van der Waals surface area (Å²) in [5.74, 6) is -2.68. The number of pyridine rings is 1. The standard InChI is InChI=1S/C31H29ClF4N2O5/c1-2-41-25-12-17(4-10-24(25)43-19-7-8-19)29(39)37-15-30(40,18-5-6-18)26-13-20-21(31(34,35)36)14-42-28(20)27(38-26)16-3-9-23(33)22(32)11-16/h3-4,9-13,18-19,21,40H,2,5-8,14-15H2,1H3,(H,37,39)/t21-,30?/m1/s1. The number of hydrogen-bond acceptors (Lipinski definition) is 6. The zero-order valence-corrected chi connectivity index (χ0v) is 23.9. The van der Waals surface area contributed by atoms with Crippen molar-refractivity contribution >= 4 is 17.5 Å². The molecule has 1 amide bonds. The van der Waals surface area contributed by atoms with Crippen molar-refractivity contribution in [3.63, 3.8) is 0 Å². The van der Waals surface area contributed by atoms with Crippen LogP contribution in [0, 0.1) is 11.7 Å². The summed E-state index contributed by atoms with van der Waals surface area (Å²) in [4.78, 5) is 17.8. The number of benzene rings is 2. The number of hydrogen-bond donors (Lipinski definition) is 2. The number of nitrogens with one attached hydrogen (secondary N) is 1. The molecule has 2 saturated carbocycles. The van der Waals surface area contributed by atoms with E-state index in [1.807, 2.05) is 6.92 Å². The van der Waals surface area contributed by atoms with Crippen LogP contribution >= 0.6 is 11.6 Å². The smallest absolute Gasteiger partial charge is 0.399 e. The monoisotopic (exact) mass is 620 g/mol. The number of carbonyl (C=O) groups excluding carboxylic acids is 1. The zero-order chi connectivity index (χ0) is 30.5. The highest BCUT2D eigenvalue weighted by Gasteiger charge is 2.51. The molecule has 3 aliphatic rings. The normalized spacial score (nSPS) is 19.3. The van der Waals surface area contributed by atoms with Crippen LogP contribution in [-0.4, -0.2) is 48.0 Å². The van der Waals surface area contributed by atoms with Crippen LogP contribution in [0.3, 0.4) is 0 Å². The fraction of sp³-hybridized carbons (Fsp3) is 0.419. The van der Waals surface area contributed by atoms with Crippen LogP contribution in [0.25, 0.3) is 11.3 Å². The van der Waals surface area contributed by atoms with Gasteiger partial charge in [-0.2, -0.15) is 13.2 Å². The van der Waals surface area contributed by atoms with Crippen molar-refractivity contribution in [3.8, 4) is 28.5 Å². The van der Waals surface area contributed by atoms with Gasteiger partial charge in [0.1, 0.15) is 35.4 Å². The Morgan fingerprint density at radius 1 is 1.12 bits per heavy atom. The van der Waals surface area contributed by atoms with Crippen LogP contribution in [0.4, 0.5) is 17.6 Å². The molecule has 2 heterocycles. The first kappa shape index (κ1) is 29.5. The highest BCUT2D eigenvalue weighted by atomic mass is 35.5. The Morgan fingerprint density at radius 3 is 2.53 bits per heavy atom. The Hall–Kier alpha value is -3.57. The minimum atomic E-state index is -4.62. The van der Waals surface area contributed by atoms with E-state index in [1.54, 1.807) is 18.2 Å². The molecule has 2 atom stereocenters. The lowest BCUT2D eigenvalue weighted by atomic mass is 9.88. The summed E-state index contributed by atoms with van der Waals surface area (Å²) in [7, 11) is 0. The van der Waals surface area contributed by atoms with Gasteiger partial charge >= 0.3 is 6.18 Å². The summed E-state index contributed by atoms with van der Waals surface area (Å²) in [6, 6.07) is 9.67. The van der Waals surface area contributed by atoms with E-state index in [4.69, 9.17) is 25.8 Å². The molecular formula is C31H29ClF4N2O5. The molecule has 12 heteroatoms. The highest BCUT2D eigenvalue weighted by molar-refractivity contribution is 6.31. The van der Waals surface area contributed by atoms with Gasteiger partial charge in [-0.1, -0.05) is 11.6 Å². The topological polar surface area (TPSA) is 89.9 Å². The summed E-state index contributed by atoms with van der Waals surface area (Å²) >= 11 is 5.98. The minimum absolute atomic E-state index is 0.000779. The van der Waals surface area contributed by atoms with Gasteiger partial charge in [-0.05, 0) is 81.0 Å². The number of halogens is 5. The number of carbonyl (C=O) groups is 1. The predicted molar refractivity (Wildman–Crippen MR) is 149 cm³/mol. The largest absolute Gasteiger partial charge is 0.490 e. The lowest BCUT2D eigenvalue weighted by Crippen LogP contribution is -2.43. The SMILES string of the molecule is CCOc1cc(C(=O)NCC(O)(c2cc3c(c(-c4ccc(F)c(Cl)c4)n2)OC[C@H]3C(F)(F)F)C2CC2)ccc1OC1CC1. The molecule has 2 aliphatic carbocycles. The maximum atomic E-state index is 14.0. The summed E-state index contributed by atoms with van der Waals surface area (Å²) in [5.41, 5.74) is -1.54. The van der Waals surface area contributed by atoms with Crippen molar-refractivity contribution in [1.29, 1.82) is 0 Å². The summed E-state index contributed by atoms with van der Waals surface area (Å²) < 4.78 is 73.0. The molecule has 6 rings (SSSR count). The second kappa shape index (κ2) is 11.2. The van der Waals surface area contributed by atoms with Gasteiger partial charge in [-0.15, -0.1) is 0 Å². The van der Waals surface area contributed by atoms with Crippen molar-refractivity contribution in [2.24, 2.45) is 5.92 Å². The van der Waals surface area contributed by atoms with Crippen LogP contribution in [0.1, 0.15) is 60.1 Å². The fourth-order valence-electron chi connectivity index (χ4n) is 5.25. The van der Waals surface area contributed by atoms with E-state index < -0.39 is 36.0 Å². The Balaban J connectivity index is 1.33. The van der Waals surface area contributed by atoms with E-state index in [2.05, 4.69) is 10.3 Å². The predicted octanol–water partition coefficient (Wildman–Crippen LogP) is 6.55. The molecule has 1 aromatic heterocycles. The Bertz CT molecular complexity index is 1560. The van der Waals surface area contributed by atoms with Gasteiger partial charge in [0.05, 0.1) is 30.0 Å². The Kier molecular flexibility index (Phi) is 7.66. The maximum Gasteiger partial charge on any atom is 0.399 e. The van der Waals surface area contributed by atoms with Crippen LogP contribution in [-0.2, 0) is 5.60 Å². The summed E-state index contributed by atoms with van der Waals surface area (Å²) in [6.07, 6.45) is -1.41. The average Bonchev–Trinajstić information content (AvgIpc) is 3.91. The van der Waals surface area contributed by atoms with Crippen LogP contribution < -0.4 is 19.5 Å². The molecule has 0 spiro atoms. The van der Waals surface area contributed by atoms with Gasteiger partial charge < -0.3 is 24.6 Å². The second-order valence-electron chi connectivity index (χ2n) is 11.1. The number of alkyl halides is 3. The Morgan fingerprint density at radius 2 is 1.88 bits per heavy atom. The molecule has 0 saturated heterocycles. The number of amides is 1. The average molecular weight is 621 g/mol. The van der Waals surface area contributed by atoms with Crippen molar-refractivity contribution in [3.05, 3.63) is 70.1 Å². The van der Waals surface area contributed by atoms with Crippen molar-refractivity contribution in [1.82, 2.24) is 10.3 Å². The Labute approximate surface area is 250 Å². The lowest BCUT2D eigenvalue weighted by molar-refractivity contribution is -0.151. The van der Waals surface area contributed by atoms with E-state index in [1.165, 1.54) is 18.2 Å². The molecule has 7 nitrogen and oxygen atoms in total. The lowest BCUT2D eigenvalue weighted by Gasteiger charge is -2.29. The van der Waals surface area contributed by atoms with Gasteiger partial charge in [0.25, 0.3) is 5.91 Å². The first-order chi connectivity index (χ1) is 20.5. The zero-order valence-electron chi connectivity index (χ0n) is 23.1. The van der Waals surface area contributed by atoms with Gasteiger partial charge in [-0.25, -0.2) is 9.37 Å². The summed E-state index contributed by atoms with van der Waals surface area (Å²) in [5, 5.41) is 14.5. The molecule has 0 bridgehead atoms. The number of nitrogens with zero attached hydrogens (tertiary/aromatic N) is 1. The van der Waals surface area contributed by atoms with Crippen molar-refractivity contribution in [2.45, 2.75) is 56.4 Å². The molecule has 2 aromatic carbocycles. The third kappa shape index (κ3) is 5.97. The molecule has 1 unspecified atom stereocenters. The number of aromatic nitrogens is 1. The summed E-state index contributed by atoms with van der Waals surface area (Å²) in [6.45, 7) is 1.21. The molecule has 2 fully saturated rings. The second-order valence-corrected chi connectivity index (χ2v) is 11.5. The molecule has 1 aliphatic heterocycles. The molecule has 2 N–H and O–H groups in total. The van der Waals surface area contributed by atoms with Crippen molar-refractivity contribution < 1.29 is 41.7 Å². The molecule has 228 valence electrons. The maximum absolute atomic E-state index is 14.0. The van der Waals surface area contributed by atoms with Crippen LogP contribution in [0.2, 0.25) is 5.02 Å². The van der Waals surface area contributed by atoms with E-state index in [9.17, 15) is 27.5 Å². The fourth-order valence-corrected chi connectivity index (χ4v) is 5.43. The minimum Gasteiger partial charge on any atom is -0.490 e. The van der Waals surface area contributed by atoms with Gasteiger partial charge in [-0.3, -0.25) is 4.79 Å². The van der Waals surface area contributed by atoms with Crippen LogP contribution in [0.15, 0.2) is 42.5 Å². The quantitative estimate of drug-likeness (QED) is 0.250. The van der Waals surface area contributed by atoms with E-state index in [0.29, 0.717) is 30.9 Å². The van der Waals surface area contributed by atoms with Crippen LogP contribution in [0.5, 0.6) is 17.2 Å². The highest BCUT2D eigenvalue weighted by Crippen LogP contribution is 2.51. The van der Waals surface area contributed by atoms with Gasteiger partial charge in [0, 0.05) is 16.7 Å². The van der Waals surface area contributed by atoms with Gasteiger partial charge in [0.15, 0.2) is 11.5 Å². The molecule has 3 aromatic rings. The van der Waals surface area contributed by atoms with Crippen molar-refractivity contribution in [2.75, 3.05) is 19.8 Å². The number of fused-ring (bicyclic) bond motifs is 1. The number of ether oxygens (including phenoxy) is 3. The first-order valence-corrected chi connectivity index (χ1v) is 14.5. The van der Waals surface area contributed by atoms with E-state index in [0.717, 1.165) is 18.9 Å². The van der Waals surface area contributed by atoms with Gasteiger partial charge in [0.2, 0.25) is 0 Å². The number of aliphatic hydroxyl groups is 1. The van der Waals surface area contributed by atoms with E-state index in [-0.39, 0.29) is 57.4 Å². The number of rotatable bonds is 10.